The van der Waals surface area contributed by atoms with E-state index in [1.54, 1.807) is 6.20 Å². The maximum atomic E-state index is 4.06. The minimum absolute atomic E-state index is 0.875. The molecule has 0 amide bonds. The lowest BCUT2D eigenvalue weighted by atomic mass is 9.75. The molecule has 2 atom stereocenters. The first-order valence-electron chi connectivity index (χ1n) is 5.00. The van der Waals surface area contributed by atoms with Crippen molar-refractivity contribution in [2.24, 2.45) is 11.8 Å². The van der Waals surface area contributed by atoms with Gasteiger partial charge in [-0.05, 0) is 30.4 Å². The van der Waals surface area contributed by atoms with E-state index < -0.39 is 0 Å². The Hall–Kier alpha value is -1.05. The van der Waals surface area contributed by atoms with Crippen molar-refractivity contribution in [1.29, 1.82) is 0 Å². The number of anilines is 1. The average Bonchev–Trinajstić information content (AvgIpc) is 2.17. The van der Waals surface area contributed by atoms with E-state index in [4.69, 9.17) is 0 Å². The molecule has 1 heterocycles. The number of nitrogens with zero attached hydrogens (tertiary/aromatic N) is 1. The van der Waals surface area contributed by atoms with Crippen LogP contribution in [0.15, 0.2) is 24.5 Å². The highest BCUT2D eigenvalue weighted by Crippen LogP contribution is 2.33. The Morgan fingerprint density at radius 2 is 2.46 bits per heavy atom. The van der Waals surface area contributed by atoms with Crippen molar-refractivity contribution in [2.75, 3.05) is 11.9 Å². The van der Waals surface area contributed by atoms with Crippen molar-refractivity contribution in [2.45, 2.75) is 19.8 Å². The molecule has 0 bridgehead atoms. The lowest BCUT2D eigenvalue weighted by Gasteiger charge is -2.34. The highest BCUT2D eigenvalue weighted by molar-refractivity contribution is 5.39. The summed E-state index contributed by atoms with van der Waals surface area (Å²) in [5.41, 5.74) is 1.14. The molecular weight excluding hydrogens is 160 g/mol. The van der Waals surface area contributed by atoms with Gasteiger partial charge in [-0.1, -0.05) is 13.3 Å². The number of rotatable bonds is 3. The molecule has 0 aliphatic heterocycles. The summed E-state index contributed by atoms with van der Waals surface area (Å²) >= 11 is 0. The van der Waals surface area contributed by atoms with Gasteiger partial charge in [0.2, 0.25) is 0 Å². The standard InChI is InChI=1S/C11H16N2/c1-9-4-5-10(9)7-13-11-3-2-6-12-8-11/h2-3,6,8-10,13H,4-5,7H2,1H3/t9-,10-/m1/s1. The molecule has 0 spiro atoms. The van der Waals surface area contributed by atoms with Crippen LogP contribution in [0.1, 0.15) is 19.8 Å². The first kappa shape index (κ1) is 8.54. The average molecular weight is 176 g/mol. The third kappa shape index (κ3) is 2.00. The number of aromatic nitrogens is 1. The highest BCUT2D eigenvalue weighted by atomic mass is 14.9. The van der Waals surface area contributed by atoms with E-state index in [2.05, 4.69) is 23.3 Å². The molecule has 1 aromatic heterocycles. The predicted octanol–water partition coefficient (Wildman–Crippen LogP) is 2.54. The summed E-state index contributed by atoms with van der Waals surface area (Å²) < 4.78 is 0. The van der Waals surface area contributed by atoms with Crippen LogP contribution in [0.25, 0.3) is 0 Å². The summed E-state index contributed by atoms with van der Waals surface area (Å²) in [5.74, 6) is 1.78. The van der Waals surface area contributed by atoms with E-state index in [-0.39, 0.29) is 0 Å². The summed E-state index contributed by atoms with van der Waals surface area (Å²) in [6, 6.07) is 4.03. The fraction of sp³-hybridized carbons (Fsp3) is 0.545. The van der Waals surface area contributed by atoms with Gasteiger partial charge in [0.25, 0.3) is 0 Å². The Balaban J connectivity index is 1.80. The van der Waals surface area contributed by atoms with E-state index in [0.717, 1.165) is 24.1 Å². The van der Waals surface area contributed by atoms with Crippen LogP contribution >= 0.6 is 0 Å². The quantitative estimate of drug-likeness (QED) is 0.765. The zero-order valence-corrected chi connectivity index (χ0v) is 8.03. The largest absolute Gasteiger partial charge is 0.384 e. The van der Waals surface area contributed by atoms with Gasteiger partial charge >= 0.3 is 0 Å². The Kier molecular flexibility index (Phi) is 2.48. The molecule has 1 aliphatic rings. The molecular formula is C11H16N2. The second-order valence-corrected chi connectivity index (χ2v) is 3.94. The Bertz CT molecular complexity index is 258. The van der Waals surface area contributed by atoms with Crippen LogP contribution in [0.5, 0.6) is 0 Å². The molecule has 1 N–H and O–H groups in total. The van der Waals surface area contributed by atoms with E-state index in [1.165, 1.54) is 12.8 Å². The summed E-state index contributed by atoms with van der Waals surface area (Å²) in [6.07, 6.45) is 6.47. The molecule has 0 saturated heterocycles. The number of pyridine rings is 1. The van der Waals surface area contributed by atoms with Gasteiger partial charge in [0, 0.05) is 18.9 Å². The van der Waals surface area contributed by atoms with Gasteiger partial charge in [-0.25, -0.2) is 0 Å². The molecule has 0 radical (unpaired) electrons. The summed E-state index contributed by atoms with van der Waals surface area (Å²) in [6.45, 7) is 3.44. The number of nitrogens with one attached hydrogen (secondary N) is 1. The SMILES string of the molecule is C[C@@H]1CC[C@@H]1CNc1cccnc1. The topological polar surface area (TPSA) is 24.9 Å². The molecule has 70 valence electrons. The molecule has 1 fully saturated rings. The maximum Gasteiger partial charge on any atom is 0.0526 e. The van der Waals surface area contributed by atoms with E-state index in [9.17, 15) is 0 Å². The fourth-order valence-corrected chi connectivity index (χ4v) is 1.76. The zero-order chi connectivity index (χ0) is 9.10. The molecule has 1 aromatic rings. The fourth-order valence-electron chi connectivity index (χ4n) is 1.76. The Morgan fingerprint density at radius 3 is 3.00 bits per heavy atom. The van der Waals surface area contributed by atoms with Gasteiger partial charge < -0.3 is 5.32 Å². The summed E-state index contributed by atoms with van der Waals surface area (Å²) in [5, 5.41) is 3.41. The van der Waals surface area contributed by atoms with Gasteiger partial charge in [-0.15, -0.1) is 0 Å². The van der Waals surface area contributed by atoms with Gasteiger partial charge in [0.05, 0.1) is 5.69 Å². The van der Waals surface area contributed by atoms with E-state index >= 15 is 0 Å². The predicted molar refractivity (Wildman–Crippen MR) is 54.6 cm³/mol. The highest BCUT2D eigenvalue weighted by Gasteiger charge is 2.25. The van der Waals surface area contributed by atoms with E-state index in [0.29, 0.717) is 0 Å². The van der Waals surface area contributed by atoms with Gasteiger partial charge in [-0.3, -0.25) is 4.98 Å². The molecule has 1 aliphatic carbocycles. The van der Waals surface area contributed by atoms with E-state index in [1.807, 2.05) is 12.3 Å². The Morgan fingerprint density at radius 1 is 1.54 bits per heavy atom. The second-order valence-electron chi connectivity index (χ2n) is 3.94. The van der Waals surface area contributed by atoms with Crippen molar-refractivity contribution < 1.29 is 0 Å². The molecule has 1 saturated carbocycles. The van der Waals surface area contributed by atoms with Crippen LogP contribution < -0.4 is 5.32 Å². The van der Waals surface area contributed by atoms with Crippen molar-refractivity contribution in [1.82, 2.24) is 4.98 Å². The van der Waals surface area contributed by atoms with Gasteiger partial charge in [0.15, 0.2) is 0 Å². The monoisotopic (exact) mass is 176 g/mol. The van der Waals surface area contributed by atoms with Crippen molar-refractivity contribution >= 4 is 5.69 Å². The van der Waals surface area contributed by atoms with Gasteiger partial charge in [0.1, 0.15) is 0 Å². The van der Waals surface area contributed by atoms with Crippen LogP contribution in [-0.4, -0.2) is 11.5 Å². The first-order chi connectivity index (χ1) is 6.36. The normalized spacial score (nSPS) is 26.5. The van der Waals surface area contributed by atoms with Crippen LogP contribution in [0.4, 0.5) is 5.69 Å². The third-order valence-electron chi connectivity index (χ3n) is 3.03. The van der Waals surface area contributed by atoms with Crippen LogP contribution in [-0.2, 0) is 0 Å². The van der Waals surface area contributed by atoms with Crippen LogP contribution in [0.3, 0.4) is 0 Å². The summed E-state index contributed by atoms with van der Waals surface area (Å²) in [7, 11) is 0. The molecule has 2 heteroatoms. The first-order valence-corrected chi connectivity index (χ1v) is 5.00. The van der Waals surface area contributed by atoms with Crippen LogP contribution in [0, 0.1) is 11.8 Å². The molecule has 2 rings (SSSR count). The van der Waals surface area contributed by atoms with Crippen molar-refractivity contribution in [3.63, 3.8) is 0 Å². The van der Waals surface area contributed by atoms with Crippen LogP contribution in [0.2, 0.25) is 0 Å². The third-order valence-corrected chi connectivity index (χ3v) is 3.03. The summed E-state index contributed by atoms with van der Waals surface area (Å²) in [4.78, 5) is 4.06. The molecule has 0 aromatic carbocycles. The smallest absolute Gasteiger partial charge is 0.0526 e. The minimum Gasteiger partial charge on any atom is -0.384 e. The van der Waals surface area contributed by atoms with Crippen molar-refractivity contribution in [3.05, 3.63) is 24.5 Å². The Labute approximate surface area is 79.4 Å². The number of hydrogen-bond donors (Lipinski definition) is 1. The second kappa shape index (κ2) is 3.77. The van der Waals surface area contributed by atoms with Gasteiger partial charge in [-0.2, -0.15) is 0 Å². The minimum atomic E-state index is 0.875. The maximum absolute atomic E-state index is 4.06. The zero-order valence-electron chi connectivity index (χ0n) is 8.03. The number of hydrogen-bond acceptors (Lipinski definition) is 2. The lowest BCUT2D eigenvalue weighted by molar-refractivity contribution is 0.210. The molecule has 0 unspecified atom stereocenters. The molecule has 2 nitrogen and oxygen atoms in total. The lowest BCUT2D eigenvalue weighted by Crippen LogP contribution is -2.29. The molecule has 13 heavy (non-hydrogen) atoms. The van der Waals surface area contributed by atoms with Crippen molar-refractivity contribution in [3.8, 4) is 0 Å².